The highest BCUT2D eigenvalue weighted by molar-refractivity contribution is 7.99. The third kappa shape index (κ3) is 5.48. The molecule has 3 rings (SSSR count). The molecule has 2 aromatic heterocycles. The molecule has 0 spiro atoms. The summed E-state index contributed by atoms with van der Waals surface area (Å²) in [5, 5.41) is 3.36. The summed E-state index contributed by atoms with van der Waals surface area (Å²) in [7, 11) is 1.60. The van der Waals surface area contributed by atoms with Crippen LogP contribution in [-0.2, 0) is 11.3 Å². The highest BCUT2D eigenvalue weighted by Crippen LogP contribution is 2.30. The van der Waals surface area contributed by atoms with Crippen molar-refractivity contribution in [3.8, 4) is 0 Å². The Hall–Kier alpha value is -3.06. The molecule has 0 bridgehead atoms. The number of carbonyl (C=O) groups is 2. The van der Waals surface area contributed by atoms with Crippen LogP contribution in [0, 0.1) is 13.8 Å². The number of hydrogen-bond donors (Lipinski definition) is 1. The van der Waals surface area contributed by atoms with Gasteiger partial charge in [-0.25, -0.2) is 4.98 Å². The van der Waals surface area contributed by atoms with Crippen molar-refractivity contribution in [2.24, 2.45) is 0 Å². The van der Waals surface area contributed by atoms with Crippen LogP contribution in [-0.4, -0.2) is 35.3 Å². The van der Waals surface area contributed by atoms with Gasteiger partial charge in [-0.15, -0.1) is 0 Å². The molecule has 7 heteroatoms. The maximum absolute atomic E-state index is 12.9. The van der Waals surface area contributed by atoms with Crippen LogP contribution in [0.5, 0.6) is 0 Å². The molecule has 150 valence electrons. The Morgan fingerprint density at radius 2 is 1.97 bits per heavy atom. The monoisotopic (exact) mass is 409 g/mol. The molecule has 2 amide bonds. The summed E-state index contributed by atoms with van der Waals surface area (Å²) >= 11 is 1.44. The normalized spacial score (nSPS) is 10.6. The molecule has 0 aliphatic heterocycles. The van der Waals surface area contributed by atoms with Crippen molar-refractivity contribution >= 4 is 23.6 Å². The van der Waals surface area contributed by atoms with Crippen molar-refractivity contribution in [2.75, 3.05) is 13.6 Å². The number of carbonyl (C=O) groups excluding carboxylic acids is 2. The maximum atomic E-state index is 12.9. The average Bonchev–Trinajstić information content (AvgIpc) is 3.23. The number of benzene rings is 1. The Kier molecular flexibility index (Phi) is 6.72. The first-order valence-corrected chi connectivity index (χ1v) is 10.0. The van der Waals surface area contributed by atoms with E-state index in [0.717, 1.165) is 4.90 Å². The van der Waals surface area contributed by atoms with E-state index in [1.807, 2.05) is 6.07 Å². The third-order valence-corrected chi connectivity index (χ3v) is 5.47. The first-order valence-electron chi connectivity index (χ1n) is 9.18. The van der Waals surface area contributed by atoms with E-state index in [0.29, 0.717) is 16.3 Å². The summed E-state index contributed by atoms with van der Waals surface area (Å²) in [4.78, 5) is 31.9. The van der Waals surface area contributed by atoms with E-state index in [9.17, 15) is 9.59 Å². The zero-order valence-corrected chi connectivity index (χ0v) is 17.5. The van der Waals surface area contributed by atoms with E-state index in [1.54, 1.807) is 43.8 Å². The molecule has 0 radical (unpaired) electrons. The van der Waals surface area contributed by atoms with Gasteiger partial charge in [-0.05, 0) is 61.4 Å². The minimum atomic E-state index is -0.260. The van der Waals surface area contributed by atoms with Gasteiger partial charge in [0.25, 0.3) is 5.91 Å². The molecule has 0 unspecified atom stereocenters. The molecule has 1 aromatic carbocycles. The van der Waals surface area contributed by atoms with Crippen LogP contribution in [0.2, 0.25) is 0 Å². The molecule has 0 atom stereocenters. The van der Waals surface area contributed by atoms with Crippen molar-refractivity contribution < 1.29 is 14.0 Å². The van der Waals surface area contributed by atoms with Gasteiger partial charge in [-0.3, -0.25) is 9.59 Å². The van der Waals surface area contributed by atoms with Gasteiger partial charge in [0.15, 0.2) is 0 Å². The smallest absolute Gasteiger partial charge is 0.256 e. The number of pyridine rings is 1. The van der Waals surface area contributed by atoms with Crippen molar-refractivity contribution in [1.29, 1.82) is 0 Å². The summed E-state index contributed by atoms with van der Waals surface area (Å²) in [5.74, 6) is 0.147. The first kappa shape index (κ1) is 20.7. The summed E-state index contributed by atoms with van der Waals surface area (Å²) in [6, 6.07) is 13.1. The van der Waals surface area contributed by atoms with E-state index in [1.165, 1.54) is 27.8 Å². The second-order valence-electron chi connectivity index (χ2n) is 6.72. The van der Waals surface area contributed by atoms with Crippen LogP contribution < -0.4 is 5.32 Å². The fourth-order valence-electron chi connectivity index (χ4n) is 2.67. The second kappa shape index (κ2) is 9.43. The van der Waals surface area contributed by atoms with Gasteiger partial charge in [0.1, 0.15) is 10.8 Å². The Balaban J connectivity index is 1.66. The first-order chi connectivity index (χ1) is 13.9. The fourth-order valence-corrected chi connectivity index (χ4v) is 3.65. The van der Waals surface area contributed by atoms with E-state index in [-0.39, 0.29) is 24.9 Å². The lowest BCUT2D eigenvalue weighted by Crippen LogP contribution is -2.38. The number of likely N-dealkylation sites (N-methyl/N-ethyl adjacent to an activating group) is 1. The highest BCUT2D eigenvalue weighted by atomic mass is 32.2. The summed E-state index contributed by atoms with van der Waals surface area (Å²) in [5.41, 5.74) is 2.87. The number of rotatable bonds is 7. The molecule has 0 saturated carbocycles. The van der Waals surface area contributed by atoms with Gasteiger partial charge in [-0.1, -0.05) is 17.8 Å². The van der Waals surface area contributed by atoms with Gasteiger partial charge >= 0.3 is 0 Å². The molecule has 29 heavy (non-hydrogen) atoms. The molecule has 0 fully saturated rings. The Morgan fingerprint density at radius 3 is 2.69 bits per heavy atom. The van der Waals surface area contributed by atoms with Crippen LogP contribution in [0.4, 0.5) is 0 Å². The van der Waals surface area contributed by atoms with Crippen LogP contribution in [0.15, 0.2) is 69.3 Å². The molecule has 0 saturated heterocycles. The van der Waals surface area contributed by atoms with Gasteiger partial charge in [0, 0.05) is 18.1 Å². The van der Waals surface area contributed by atoms with Gasteiger partial charge in [-0.2, -0.15) is 0 Å². The van der Waals surface area contributed by atoms with Crippen molar-refractivity contribution in [3.63, 3.8) is 0 Å². The summed E-state index contributed by atoms with van der Waals surface area (Å²) in [6.07, 6.45) is 3.21. The zero-order valence-electron chi connectivity index (χ0n) is 16.6. The van der Waals surface area contributed by atoms with Crippen molar-refractivity contribution in [2.45, 2.75) is 30.3 Å². The quantitative estimate of drug-likeness (QED) is 0.642. The highest BCUT2D eigenvalue weighted by Gasteiger charge is 2.19. The van der Waals surface area contributed by atoms with Crippen molar-refractivity contribution in [1.82, 2.24) is 15.2 Å². The Morgan fingerprint density at radius 1 is 1.14 bits per heavy atom. The van der Waals surface area contributed by atoms with Crippen LogP contribution in [0.25, 0.3) is 0 Å². The van der Waals surface area contributed by atoms with Crippen LogP contribution in [0.3, 0.4) is 0 Å². The number of hydrogen-bond acceptors (Lipinski definition) is 5. The summed E-state index contributed by atoms with van der Waals surface area (Å²) < 4.78 is 5.19. The minimum Gasteiger partial charge on any atom is -0.467 e. The topological polar surface area (TPSA) is 75.4 Å². The SMILES string of the molecule is Cc1ccc(Sc2ncccc2C(=O)N(C)CC(=O)NCc2ccco2)cc1C. The number of nitrogens with zero attached hydrogens (tertiary/aromatic N) is 2. The maximum Gasteiger partial charge on any atom is 0.256 e. The molecule has 0 aliphatic carbocycles. The van der Waals surface area contributed by atoms with E-state index < -0.39 is 0 Å². The predicted molar refractivity (Wildman–Crippen MR) is 112 cm³/mol. The largest absolute Gasteiger partial charge is 0.467 e. The molecule has 6 nitrogen and oxygen atoms in total. The lowest BCUT2D eigenvalue weighted by molar-refractivity contribution is -0.121. The zero-order chi connectivity index (χ0) is 20.8. The van der Waals surface area contributed by atoms with Gasteiger partial charge in [0.05, 0.1) is 24.9 Å². The number of aromatic nitrogens is 1. The van der Waals surface area contributed by atoms with E-state index >= 15 is 0 Å². The Labute approximate surface area is 174 Å². The fraction of sp³-hybridized carbons (Fsp3) is 0.227. The molecule has 3 aromatic rings. The summed E-state index contributed by atoms with van der Waals surface area (Å²) in [6.45, 7) is 4.35. The lowest BCUT2D eigenvalue weighted by Gasteiger charge is -2.18. The molecule has 1 N–H and O–H groups in total. The van der Waals surface area contributed by atoms with Gasteiger partial charge < -0.3 is 14.6 Å². The Bertz CT molecular complexity index is 1000. The van der Waals surface area contributed by atoms with Gasteiger partial charge in [0.2, 0.25) is 5.91 Å². The number of nitrogens with one attached hydrogen (secondary N) is 1. The number of furan rings is 1. The van der Waals surface area contributed by atoms with Crippen molar-refractivity contribution in [3.05, 3.63) is 77.4 Å². The van der Waals surface area contributed by atoms with E-state index in [4.69, 9.17) is 4.42 Å². The standard InChI is InChI=1S/C22H23N3O3S/c1-15-8-9-18(12-16(15)2)29-21-19(7-4-10-23-21)22(27)25(3)14-20(26)24-13-17-6-5-11-28-17/h4-12H,13-14H2,1-3H3,(H,24,26). The number of amides is 2. The average molecular weight is 410 g/mol. The van der Waals surface area contributed by atoms with E-state index in [2.05, 4.69) is 36.3 Å². The predicted octanol–water partition coefficient (Wildman–Crippen LogP) is 3.83. The lowest BCUT2D eigenvalue weighted by atomic mass is 10.1. The van der Waals surface area contributed by atoms with Crippen LogP contribution >= 0.6 is 11.8 Å². The minimum absolute atomic E-state index is 0.0534. The third-order valence-electron chi connectivity index (χ3n) is 4.46. The molecule has 2 heterocycles. The van der Waals surface area contributed by atoms with Crippen LogP contribution in [0.1, 0.15) is 27.2 Å². The molecule has 0 aliphatic rings. The molecular weight excluding hydrogens is 386 g/mol. The number of aryl methyl sites for hydroxylation is 2. The second-order valence-corrected chi connectivity index (χ2v) is 7.78. The molecular formula is C22H23N3O3S.